The summed E-state index contributed by atoms with van der Waals surface area (Å²) in [5, 5.41) is 0. The van der Waals surface area contributed by atoms with E-state index in [9.17, 15) is 4.79 Å². The van der Waals surface area contributed by atoms with Crippen LogP contribution in [-0.4, -0.2) is 32.7 Å². The predicted octanol–water partition coefficient (Wildman–Crippen LogP) is 2.83. The monoisotopic (exact) mass is 230 g/mol. The molecule has 3 nitrogen and oxygen atoms in total. The molecule has 0 amide bonds. The smallest absolute Gasteiger partial charge is 0.125 e. The normalized spacial score (nSPS) is 12.6. The molecule has 0 N–H and O–H groups in total. The summed E-state index contributed by atoms with van der Waals surface area (Å²) in [5.41, 5.74) is 0. The topological polar surface area (TPSA) is 35.5 Å². The van der Waals surface area contributed by atoms with Crippen molar-refractivity contribution < 1.29 is 14.3 Å². The molecule has 3 heteroatoms. The maximum Gasteiger partial charge on any atom is 0.125 e. The van der Waals surface area contributed by atoms with Crippen LogP contribution in [0.5, 0.6) is 0 Å². The molecule has 96 valence electrons. The summed E-state index contributed by atoms with van der Waals surface area (Å²) in [6.45, 7) is 7.04. The van der Waals surface area contributed by atoms with Crippen LogP contribution in [0, 0.1) is 5.92 Å². The van der Waals surface area contributed by atoms with E-state index in [-0.39, 0.29) is 5.92 Å². The molecular formula is C13H26O3. The van der Waals surface area contributed by atoms with Crippen LogP contribution < -0.4 is 0 Å². The first-order valence-electron chi connectivity index (χ1n) is 6.45. The Morgan fingerprint density at radius 2 is 1.62 bits per heavy atom. The minimum atomic E-state index is -0.00140. The Morgan fingerprint density at radius 1 is 1.00 bits per heavy atom. The van der Waals surface area contributed by atoms with Gasteiger partial charge in [0.05, 0.1) is 6.61 Å². The highest BCUT2D eigenvalue weighted by Gasteiger charge is 2.07. The quantitative estimate of drug-likeness (QED) is 0.382. The van der Waals surface area contributed by atoms with Gasteiger partial charge in [0.15, 0.2) is 0 Å². The first-order valence-corrected chi connectivity index (χ1v) is 6.45. The summed E-state index contributed by atoms with van der Waals surface area (Å²) < 4.78 is 10.8. The van der Waals surface area contributed by atoms with E-state index >= 15 is 0 Å². The number of carbonyl (C=O) groups excluding carboxylic acids is 1. The molecule has 0 radical (unpaired) electrons. The van der Waals surface area contributed by atoms with Gasteiger partial charge in [-0.05, 0) is 19.3 Å². The van der Waals surface area contributed by atoms with Gasteiger partial charge in [0.1, 0.15) is 6.29 Å². The molecule has 0 heterocycles. The lowest BCUT2D eigenvalue weighted by Crippen LogP contribution is -2.14. The van der Waals surface area contributed by atoms with Gasteiger partial charge in [-0.25, -0.2) is 0 Å². The number of carbonyl (C=O) groups is 1. The summed E-state index contributed by atoms with van der Waals surface area (Å²) in [6.07, 6.45) is 6.20. The number of hydrogen-bond acceptors (Lipinski definition) is 3. The van der Waals surface area contributed by atoms with E-state index in [4.69, 9.17) is 9.47 Å². The van der Waals surface area contributed by atoms with E-state index < -0.39 is 0 Å². The van der Waals surface area contributed by atoms with Crippen LogP contribution in [0.2, 0.25) is 0 Å². The highest BCUT2D eigenvalue weighted by atomic mass is 16.5. The van der Waals surface area contributed by atoms with Crippen LogP contribution in [0.3, 0.4) is 0 Å². The maximum atomic E-state index is 10.8. The van der Waals surface area contributed by atoms with E-state index in [0.29, 0.717) is 13.2 Å². The Morgan fingerprint density at radius 3 is 2.19 bits per heavy atom. The van der Waals surface area contributed by atoms with Gasteiger partial charge >= 0.3 is 0 Å². The molecule has 0 rings (SSSR count). The number of aldehydes is 1. The molecule has 16 heavy (non-hydrogen) atoms. The molecule has 0 aromatic rings. The molecule has 0 spiro atoms. The van der Waals surface area contributed by atoms with Gasteiger partial charge in [-0.1, -0.05) is 26.7 Å². The minimum absolute atomic E-state index is 0.00140. The molecule has 0 bridgehead atoms. The standard InChI is InChI=1S/C13H26O3/c1-3-5-8-15-10-7-13(11-14)12-16-9-6-4-2/h11,13H,3-10,12H2,1-2H3. The molecule has 0 aliphatic heterocycles. The average molecular weight is 230 g/mol. The fraction of sp³-hybridized carbons (Fsp3) is 0.923. The summed E-state index contributed by atoms with van der Waals surface area (Å²) in [5.74, 6) is -0.00140. The molecule has 0 aromatic heterocycles. The van der Waals surface area contributed by atoms with E-state index in [1.807, 2.05) is 0 Å². The molecule has 0 aliphatic carbocycles. The highest BCUT2D eigenvalue weighted by Crippen LogP contribution is 2.02. The third kappa shape index (κ3) is 10.1. The molecule has 0 saturated carbocycles. The number of hydrogen-bond donors (Lipinski definition) is 0. The zero-order chi connectivity index (χ0) is 12.1. The van der Waals surface area contributed by atoms with Gasteiger partial charge in [0.25, 0.3) is 0 Å². The van der Waals surface area contributed by atoms with E-state index in [1.165, 1.54) is 0 Å². The fourth-order valence-corrected chi connectivity index (χ4v) is 1.25. The Balaban J connectivity index is 3.33. The van der Waals surface area contributed by atoms with Crippen LogP contribution >= 0.6 is 0 Å². The first-order chi connectivity index (χ1) is 7.85. The van der Waals surface area contributed by atoms with Crippen molar-refractivity contribution in [1.82, 2.24) is 0 Å². The number of unbranched alkanes of at least 4 members (excludes halogenated alkanes) is 2. The summed E-state index contributed by atoms with van der Waals surface area (Å²) >= 11 is 0. The van der Waals surface area contributed by atoms with E-state index in [0.717, 1.165) is 51.6 Å². The SMILES string of the molecule is CCCCOCCC(C=O)COCCCC. The lowest BCUT2D eigenvalue weighted by Gasteiger charge is -2.11. The Kier molecular flexibility index (Phi) is 12.3. The van der Waals surface area contributed by atoms with Gasteiger partial charge in [-0.2, -0.15) is 0 Å². The van der Waals surface area contributed by atoms with Gasteiger partial charge in [0, 0.05) is 25.7 Å². The van der Waals surface area contributed by atoms with Crippen molar-refractivity contribution in [2.24, 2.45) is 5.92 Å². The lowest BCUT2D eigenvalue weighted by atomic mass is 10.1. The average Bonchev–Trinajstić information content (AvgIpc) is 2.31. The first kappa shape index (κ1) is 15.6. The lowest BCUT2D eigenvalue weighted by molar-refractivity contribution is -0.113. The van der Waals surface area contributed by atoms with Crippen molar-refractivity contribution in [2.75, 3.05) is 26.4 Å². The molecule has 0 aromatic carbocycles. The molecular weight excluding hydrogens is 204 g/mol. The van der Waals surface area contributed by atoms with Crippen LogP contribution in [0.4, 0.5) is 0 Å². The Bertz CT molecular complexity index is 148. The van der Waals surface area contributed by atoms with Crippen molar-refractivity contribution >= 4 is 6.29 Å². The van der Waals surface area contributed by atoms with Crippen molar-refractivity contribution in [1.29, 1.82) is 0 Å². The highest BCUT2D eigenvalue weighted by molar-refractivity contribution is 5.53. The van der Waals surface area contributed by atoms with Crippen molar-refractivity contribution in [2.45, 2.75) is 46.0 Å². The zero-order valence-electron chi connectivity index (χ0n) is 10.7. The summed E-state index contributed by atoms with van der Waals surface area (Å²) in [6, 6.07) is 0. The third-order valence-corrected chi connectivity index (χ3v) is 2.44. The van der Waals surface area contributed by atoms with Crippen molar-refractivity contribution in [3.63, 3.8) is 0 Å². The number of ether oxygens (including phenoxy) is 2. The van der Waals surface area contributed by atoms with Gasteiger partial charge in [-0.3, -0.25) is 0 Å². The zero-order valence-corrected chi connectivity index (χ0v) is 10.7. The van der Waals surface area contributed by atoms with Gasteiger partial charge < -0.3 is 14.3 Å². The Labute approximate surface area is 99.5 Å². The third-order valence-electron chi connectivity index (χ3n) is 2.44. The van der Waals surface area contributed by atoms with Gasteiger partial charge in [0.2, 0.25) is 0 Å². The maximum absolute atomic E-state index is 10.8. The van der Waals surface area contributed by atoms with Crippen LogP contribution in [0.25, 0.3) is 0 Å². The van der Waals surface area contributed by atoms with Crippen molar-refractivity contribution in [3.8, 4) is 0 Å². The second-order valence-corrected chi connectivity index (χ2v) is 4.08. The molecule has 0 saturated heterocycles. The predicted molar refractivity (Wildman–Crippen MR) is 65.6 cm³/mol. The molecule has 1 unspecified atom stereocenters. The Hall–Kier alpha value is -0.410. The largest absolute Gasteiger partial charge is 0.381 e. The van der Waals surface area contributed by atoms with E-state index in [2.05, 4.69) is 13.8 Å². The molecule has 1 atom stereocenters. The van der Waals surface area contributed by atoms with Crippen LogP contribution in [0.15, 0.2) is 0 Å². The van der Waals surface area contributed by atoms with Crippen LogP contribution in [-0.2, 0) is 14.3 Å². The summed E-state index contributed by atoms with van der Waals surface area (Å²) in [4.78, 5) is 10.8. The van der Waals surface area contributed by atoms with Crippen LogP contribution in [0.1, 0.15) is 46.0 Å². The second-order valence-electron chi connectivity index (χ2n) is 4.08. The summed E-state index contributed by atoms with van der Waals surface area (Å²) in [7, 11) is 0. The second kappa shape index (κ2) is 12.7. The minimum Gasteiger partial charge on any atom is -0.381 e. The fourth-order valence-electron chi connectivity index (χ4n) is 1.25. The number of rotatable bonds is 12. The molecule has 0 fully saturated rings. The van der Waals surface area contributed by atoms with Gasteiger partial charge in [-0.15, -0.1) is 0 Å². The van der Waals surface area contributed by atoms with Crippen molar-refractivity contribution in [3.05, 3.63) is 0 Å². The molecule has 0 aliphatic rings. The van der Waals surface area contributed by atoms with E-state index in [1.54, 1.807) is 0 Å².